The fourth-order valence-electron chi connectivity index (χ4n) is 2.32. The highest BCUT2D eigenvalue weighted by Gasteiger charge is 2.23. The first kappa shape index (κ1) is 16.6. The summed E-state index contributed by atoms with van der Waals surface area (Å²) in [6.07, 6.45) is -0.119. The Bertz CT molecular complexity index is 778. The van der Waals surface area contributed by atoms with Crippen molar-refractivity contribution in [3.8, 4) is 11.5 Å². The summed E-state index contributed by atoms with van der Waals surface area (Å²) in [4.78, 5) is 22.6. The number of amides is 1. The average molecular weight is 344 g/mol. The van der Waals surface area contributed by atoms with Crippen molar-refractivity contribution in [2.75, 3.05) is 18.5 Å². The van der Waals surface area contributed by atoms with Crippen molar-refractivity contribution in [2.24, 2.45) is 0 Å². The number of hydrogen-bond acceptors (Lipinski definition) is 6. The van der Waals surface area contributed by atoms with Crippen molar-refractivity contribution in [2.45, 2.75) is 13.0 Å². The molecule has 130 valence electrons. The van der Waals surface area contributed by atoms with E-state index >= 15 is 0 Å². The van der Waals surface area contributed by atoms with E-state index in [0.29, 0.717) is 25.4 Å². The summed E-state index contributed by atoms with van der Waals surface area (Å²) < 4.78 is 16.0. The van der Waals surface area contributed by atoms with Gasteiger partial charge in [-0.05, 0) is 5.56 Å². The molecule has 8 nitrogen and oxygen atoms in total. The zero-order valence-electron chi connectivity index (χ0n) is 13.3. The first-order valence-electron chi connectivity index (χ1n) is 7.69. The Hall–Kier alpha value is -3.29. The van der Waals surface area contributed by atoms with Crippen molar-refractivity contribution in [3.05, 3.63) is 58.1 Å². The number of nitro groups is 1. The van der Waals surface area contributed by atoms with Gasteiger partial charge in [-0.25, -0.2) is 4.79 Å². The molecule has 0 saturated heterocycles. The first-order chi connectivity index (χ1) is 12.1. The molecule has 1 aliphatic rings. The summed E-state index contributed by atoms with van der Waals surface area (Å²) in [7, 11) is 0. The van der Waals surface area contributed by atoms with Gasteiger partial charge in [0, 0.05) is 12.5 Å². The number of nitrogens with one attached hydrogen (secondary N) is 1. The minimum Gasteiger partial charge on any atom is -0.489 e. The summed E-state index contributed by atoms with van der Waals surface area (Å²) in [5, 5.41) is 13.7. The molecule has 0 aliphatic carbocycles. The first-order valence-corrected chi connectivity index (χ1v) is 7.69. The van der Waals surface area contributed by atoms with Gasteiger partial charge in [0.2, 0.25) is 0 Å². The molecule has 2 aromatic carbocycles. The third-order valence-electron chi connectivity index (χ3n) is 3.51. The Kier molecular flexibility index (Phi) is 4.98. The monoisotopic (exact) mass is 344 g/mol. The van der Waals surface area contributed by atoms with Crippen LogP contribution >= 0.6 is 0 Å². The van der Waals surface area contributed by atoms with Gasteiger partial charge in [0.1, 0.15) is 12.3 Å². The summed E-state index contributed by atoms with van der Waals surface area (Å²) in [6, 6.07) is 11.7. The second-order valence-corrected chi connectivity index (χ2v) is 5.31. The van der Waals surface area contributed by atoms with Crippen molar-refractivity contribution in [1.29, 1.82) is 0 Å². The molecule has 3 rings (SSSR count). The SMILES string of the molecule is O=C(Nc1cc2c(cc1[N+](=O)[O-])OCCCO2)OCc1ccccc1. The van der Waals surface area contributed by atoms with E-state index in [9.17, 15) is 14.9 Å². The van der Waals surface area contributed by atoms with Crippen LogP contribution in [-0.2, 0) is 11.3 Å². The Balaban J connectivity index is 1.75. The summed E-state index contributed by atoms with van der Waals surface area (Å²) in [6.45, 7) is 0.907. The number of ether oxygens (including phenoxy) is 3. The summed E-state index contributed by atoms with van der Waals surface area (Å²) >= 11 is 0. The van der Waals surface area contributed by atoms with Crippen LogP contribution in [0.3, 0.4) is 0 Å². The molecule has 0 fully saturated rings. The van der Waals surface area contributed by atoms with Crippen LogP contribution < -0.4 is 14.8 Å². The predicted molar refractivity (Wildman–Crippen MR) is 89.0 cm³/mol. The standard InChI is InChI=1S/C17H16N2O6/c20-17(25-11-12-5-2-1-3-6-12)18-13-9-15-16(10-14(13)19(21)22)24-8-4-7-23-15/h1-3,5-6,9-10H,4,7-8,11H2,(H,18,20). The van der Waals surface area contributed by atoms with Gasteiger partial charge in [0.15, 0.2) is 11.5 Å². The van der Waals surface area contributed by atoms with E-state index in [4.69, 9.17) is 14.2 Å². The number of anilines is 1. The maximum atomic E-state index is 12.0. The molecule has 1 heterocycles. The molecule has 8 heteroatoms. The van der Waals surface area contributed by atoms with Gasteiger partial charge < -0.3 is 14.2 Å². The van der Waals surface area contributed by atoms with Crippen molar-refractivity contribution >= 4 is 17.5 Å². The van der Waals surface area contributed by atoms with Crippen LogP contribution in [0.15, 0.2) is 42.5 Å². The van der Waals surface area contributed by atoms with E-state index in [0.717, 1.165) is 5.56 Å². The van der Waals surface area contributed by atoms with Gasteiger partial charge in [-0.15, -0.1) is 0 Å². The normalized spacial score (nSPS) is 12.8. The topological polar surface area (TPSA) is 99.9 Å². The molecular weight excluding hydrogens is 328 g/mol. The second kappa shape index (κ2) is 7.52. The Morgan fingerprint density at radius 1 is 1.16 bits per heavy atom. The number of carbonyl (C=O) groups excluding carboxylic acids is 1. The fraction of sp³-hybridized carbons (Fsp3) is 0.235. The third kappa shape index (κ3) is 4.17. The van der Waals surface area contributed by atoms with Gasteiger partial charge in [-0.3, -0.25) is 15.4 Å². The highest BCUT2D eigenvalue weighted by Crippen LogP contribution is 2.39. The number of carbonyl (C=O) groups is 1. The molecule has 0 unspecified atom stereocenters. The number of rotatable bonds is 4. The van der Waals surface area contributed by atoms with E-state index < -0.39 is 11.0 Å². The van der Waals surface area contributed by atoms with Gasteiger partial charge in [-0.2, -0.15) is 0 Å². The number of nitrogens with zero attached hydrogens (tertiary/aromatic N) is 1. The summed E-state index contributed by atoms with van der Waals surface area (Å²) in [5.41, 5.74) is 0.513. The average Bonchev–Trinajstić information content (AvgIpc) is 2.85. The quantitative estimate of drug-likeness (QED) is 0.673. The van der Waals surface area contributed by atoms with Gasteiger partial charge in [0.05, 0.1) is 24.2 Å². The molecule has 1 aliphatic heterocycles. The van der Waals surface area contributed by atoms with Crippen LogP contribution in [0.1, 0.15) is 12.0 Å². The summed E-state index contributed by atoms with van der Waals surface area (Å²) in [5.74, 6) is 0.633. The Morgan fingerprint density at radius 3 is 2.52 bits per heavy atom. The van der Waals surface area contributed by atoms with Crippen LogP contribution in [0.25, 0.3) is 0 Å². The molecule has 25 heavy (non-hydrogen) atoms. The number of hydrogen-bond donors (Lipinski definition) is 1. The molecule has 1 N–H and O–H groups in total. The van der Waals surface area contributed by atoms with E-state index in [1.807, 2.05) is 30.3 Å². The van der Waals surface area contributed by atoms with Crippen molar-refractivity contribution in [3.63, 3.8) is 0 Å². The minimum atomic E-state index is -0.790. The number of nitro benzene ring substituents is 1. The highest BCUT2D eigenvalue weighted by molar-refractivity contribution is 5.89. The molecule has 0 saturated carbocycles. The molecule has 0 aromatic heterocycles. The van der Waals surface area contributed by atoms with Crippen LogP contribution in [0.2, 0.25) is 0 Å². The maximum absolute atomic E-state index is 12.0. The number of benzene rings is 2. The maximum Gasteiger partial charge on any atom is 0.412 e. The lowest BCUT2D eigenvalue weighted by molar-refractivity contribution is -0.384. The van der Waals surface area contributed by atoms with Crippen molar-refractivity contribution in [1.82, 2.24) is 0 Å². The molecule has 1 amide bonds. The zero-order chi connectivity index (χ0) is 17.6. The molecule has 0 bridgehead atoms. The number of fused-ring (bicyclic) bond motifs is 1. The van der Waals surface area contributed by atoms with Crippen LogP contribution in [0.4, 0.5) is 16.2 Å². The highest BCUT2D eigenvalue weighted by atomic mass is 16.6. The Morgan fingerprint density at radius 2 is 1.84 bits per heavy atom. The molecule has 0 radical (unpaired) electrons. The van der Waals surface area contributed by atoms with E-state index in [1.165, 1.54) is 12.1 Å². The molecular formula is C17H16N2O6. The molecule has 0 spiro atoms. The van der Waals surface area contributed by atoms with E-state index in [1.54, 1.807) is 0 Å². The van der Waals surface area contributed by atoms with Crippen LogP contribution in [-0.4, -0.2) is 24.2 Å². The lowest BCUT2D eigenvalue weighted by atomic mass is 10.2. The lowest BCUT2D eigenvalue weighted by Gasteiger charge is -2.11. The third-order valence-corrected chi connectivity index (χ3v) is 3.51. The van der Waals surface area contributed by atoms with E-state index in [-0.39, 0.29) is 23.7 Å². The van der Waals surface area contributed by atoms with Gasteiger partial charge >= 0.3 is 6.09 Å². The van der Waals surface area contributed by atoms with Crippen molar-refractivity contribution < 1.29 is 23.9 Å². The Labute approximate surface area is 143 Å². The molecule has 0 atom stereocenters. The lowest BCUT2D eigenvalue weighted by Crippen LogP contribution is -2.14. The smallest absolute Gasteiger partial charge is 0.412 e. The predicted octanol–water partition coefficient (Wildman–Crippen LogP) is 3.50. The van der Waals surface area contributed by atoms with Gasteiger partial charge in [0.25, 0.3) is 5.69 Å². The van der Waals surface area contributed by atoms with Crippen LogP contribution in [0.5, 0.6) is 11.5 Å². The molecule has 2 aromatic rings. The minimum absolute atomic E-state index is 0.00712. The zero-order valence-corrected chi connectivity index (χ0v) is 13.3. The second-order valence-electron chi connectivity index (χ2n) is 5.31. The van der Waals surface area contributed by atoms with E-state index in [2.05, 4.69) is 5.32 Å². The van der Waals surface area contributed by atoms with Gasteiger partial charge in [-0.1, -0.05) is 30.3 Å². The fourth-order valence-corrected chi connectivity index (χ4v) is 2.32. The van der Waals surface area contributed by atoms with Crippen LogP contribution in [0, 0.1) is 10.1 Å². The largest absolute Gasteiger partial charge is 0.489 e.